The van der Waals surface area contributed by atoms with Gasteiger partial charge in [0.25, 0.3) is 5.91 Å². The molecule has 1 unspecified atom stereocenters. The van der Waals surface area contributed by atoms with Gasteiger partial charge >= 0.3 is 0 Å². The Labute approximate surface area is 117 Å². The monoisotopic (exact) mass is 279 g/mol. The van der Waals surface area contributed by atoms with Gasteiger partial charge in [0.05, 0.1) is 18.3 Å². The van der Waals surface area contributed by atoms with E-state index >= 15 is 0 Å². The minimum atomic E-state index is -0.857. The molecule has 5 heteroatoms. The number of carbonyl (C=O) groups is 1. The second kappa shape index (κ2) is 6.52. The molecule has 1 aliphatic rings. The SMILES string of the molecule is CC1=C(C(=O)NCC(O)c2ccc(F)cc2)CCCO1. The van der Waals surface area contributed by atoms with Crippen molar-refractivity contribution in [2.75, 3.05) is 13.2 Å². The topological polar surface area (TPSA) is 58.6 Å². The van der Waals surface area contributed by atoms with Gasteiger partial charge in [-0.1, -0.05) is 12.1 Å². The van der Waals surface area contributed by atoms with Gasteiger partial charge in [-0.25, -0.2) is 4.39 Å². The van der Waals surface area contributed by atoms with E-state index in [9.17, 15) is 14.3 Å². The zero-order chi connectivity index (χ0) is 14.5. The first-order valence-electron chi connectivity index (χ1n) is 6.62. The van der Waals surface area contributed by atoms with E-state index in [1.165, 1.54) is 24.3 Å². The van der Waals surface area contributed by atoms with E-state index in [0.717, 1.165) is 6.42 Å². The van der Waals surface area contributed by atoms with E-state index < -0.39 is 6.10 Å². The summed E-state index contributed by atoms with van der Waals surface area (Å²) in [6, 6.07) is 5.56. The van der Waals surface area contributed by atoms with Crippen molar-refractivity contribution in [2.45, 2.75) is 25.9 Å². The quantitative estimate of drug-likeness (QED) is 0.887. The van der Waals surface area contributed by atoms with Gasteiger partial charge in [0, 0.05) is 6.54 Å². The van der Waals surface area contributed by atoms with Gasteiger partial charge in [0.15, 0.2) is 0 Å². The Hall–Kier alpha value is -1.88. The molecule has 1 atom stereocenters. The predicted molar refractivity (Wildman–Crippen MR) is 72.3 cm³/mol. The molecule has 1 amide bonds. The number of allylic oxidation sites excluding steroid dienone is 1. The van der Waals surface area contributed by atoms with Crippen molar-refractivity contribution >= 4 is 5.91 Å². The molecule has 20 heavy (non-hydrogen) atoms. The third kappa shape index (κ3) is 3.57. The maximum Gasteiger partial charge on any atom is 0.250 e. The Morgan fingerprint density at radius 3 is 2.80 bits per heavy atom. The number of ether oxygens (including phenoxy) is 1. The average Bonchev–Trinajstić information content (AvgIpc) is 2.45. The van der Waals surface area contributed by atoms with Crippen LogP contribution >= 0.6 is 0 Å². The zero-order valence-corrected chi connectivity index (χ0v) is 11.4. The summed E-state index contributed by atoms with van der Waals surface area (Å²) in [5.41, 5.74) is 1.19. The fraction of sp³-hybridized carbons (Fsp3) is 0.400. The lowest BCUT2D eigenvalue weighted by Crippen LogP contribution is -2.31. The molecule has 0 spiro atoms. The molecule has 0 saturated carbocycles. The number of nitrogens with one attached hydrogen (secondary N) is 1. The molecule has 4 nitrogen and oxygen atoms in total. The number of halogens is 1. The number of hydrogen-bond acceptors (Lipinski definition) is 3. The third-order valence-corrected chi connectivity index (χ3v) is 3.30. The van der Waals surface area contributed by atoms with Gasteiger partial charge in [0.1, 0.15) is 11.6 Å². The van der Waals surface area contributed by atoms with Gasteiger partial charge in [-0.05, 0) is 37.5 Å². The highest BCUT2D eigenvalue weighted by Crippen LogP contribution is 2.19. The number of benzene rings is 1. The van der Waals surface area contributed by atoms with Gasteiger partial charge in [0.2, 0.25) is 0 Å². The van der Waals surface area contributed by atoms with Crippen molar-refractivity contribution < 1.29 is 19.0 Å². The van der Waals surface area contributed by atoms with E-state index in [1.54, 1.807) is 6.92 Å². The summed E-state index contributed by atoms with van der Waals surface area (Å²) in [6.45, 7) is 2.49. The van der Waals surface area contributed by atoms with Crippen molar-refractivity contribution in [1.29, 1.82) is 0 Å². The van der Waals surface area contributed by atoms with E-state index in [1.807, 2.05) is 0 Å². The highest BCUT2D eigenvalue weighted by atomic mass is 19.1. The van der Waals surface area contributed by atoms with Crippen LogP contribution < -0.4 is 5.32 Å². The number of hydrogen-bond donors (Lipinski definition) is 2. The van der Waals surface area contributed by atoms with E-state index in [4.69, 9.17) is 4.74 Å². The summed E-state index contributed by atoms with van der Waals surface area (Å²) in [4.78, 5) is 12.0. The van der Waals surface area contributed by atoms with Crippen LogP contribution in [0, 0.1) is 5.82 Å². The molecule has 0 aromatic heterocycles. The Balaban J connectivity index is 1.91. The Morgan fingerprint density at radius 1 is 1.45 bits per heavy atom. The molecule has 1 aromatic carbocycles. The summed E-state index contributed by atoms with van der Waals surface area (Å²) >= 11 is 0. The first kappa shape index (κ1) is 14.5. The van der Waals surface area contributed by atoms with E-state index in [0.29, 0.717) is 29.9 Å². The largest absolute Gasteiger partial charge is 0.498 e. The van der Waals surface area contributed by atoms with E-state index in [-0.39, 0.29) is 18.3 Å². The highest BCUT2D eigenvalue weighted by molar-refractivity contribution is 5.93. The smallest absolute Gasteiger partial charge is 0.250 e. The Kier molecular flexibility index (Phi) is 4.74. The number of carbonyl (C=O) groups excluding carboxylic acids is 1. The lowest BCUT2D eigenvalue weighted by Gasteiger charge is -2.19. The van der Waals surface area contributed by atoms with Crippen molar-refractivity contribution in [3.63, 3.8) is 0 Å². The molecule has 1 heterocycles. The maximum atomic E-state index is 12.8. The molecule has 2 rings (SSSR count). The predicted octanol–water partition coefficient (Wildman–Crippen LogP) is 2.06. The number of rotatable bonds is 4. The van der Waals surface area contributed by atoms with Crippen LogP contribution in [0.2, 0.25) is 0 Å². The van der Waals surface area contributed by atoms with Crippen LogP contribution in [0.4, 0.5) is 4.39 Å². The molecule has 0 aliphatic carbocycles. The van der Waals surface area contributed by atoms with Crippen LogP contribution in [-0.2, 0) is 9.53 Å². The van der Waals surface area contributed by atoms with Crippen LogP contribution in [0.25, 0.3) is 0 Å². The average molecular weight is 279 g/mol. The number of aliphatic hydroxyl groups is 1. The number of aliphatic hydroxyl groups excluding tert-OH is 1. The second-order valence-electron chi connectivity index (χ2n) is 4.76. The summed E-state index contributed by atoms with van der Waals surface area (Å²) in [6.07, 6.45) is 0.648. The summed E-state index contributed by atoms with van der Waals surface area (Å²) in [7, 11) is 0. The van der Waals surface area contributed by atoms with Crippen LogP contribution in [0.3, 0.4) is 0 Å². The normalized spacial score (nSPS) is 16.6. The van der Waals surface area contributed by atoms with Gasteiger partial charge < -0.3 is 15.2 Å². The molecular formula is C15H18FNO3. The highest BCUT2D eigenvalue weighted by Gasteiger charge is 2.18. The summed E-state index contributed by atoms with van der Waals surface area (Å²) in [5, 5.41) is 12.6. The first-order chi connectivity index (χ1) is 9.58. The third-order valence-electron chi connectivity index (χ3n) is 3.30. The lowest BCUT2D eigenvalue weighted by atomic mass is 10.1. The van der Waals surface area contributed by atoms with Crippen molar-refractivity contribution in [3.8, 4) is 0 Å². The molecule has 2 N–H and O–H groups in total. The van der Waals surface area contributed by atoms with Crippen molar-refractivity contribution in [2.24, 2.45) is 0 Å². The standard InChI is InChI=1S/C15H18FNO3/c1-10-13(3-2-8-20-10)15(19)17-9-14(18)11-4-6-12(16)7-5-11/h4-7,14,18H,2-3,8-9H2,1H3,(H,17,19). The molecule has 1 aliphatic heterocycles. The molecule has 0 radical (unpaired) electrons. The molecule has 108 valence electrons. The fourth-order valence-corrected chi connectivity index (χ4v) is 2.11. The van der Waals surface area contributed by atoms with Crippen molar-refractivity contribution in [3.05, 3.63) is 47.0 Å². The second-order valence-corrected chi connectivity index (χ2v) is 4.76. The van der Waals surface area contributed by atoms with E-state index in [2.05, 4.69) is 5.32 Å². The molecule has 0 saturated heterocycles. The summed E-state index contributed by atoms with van der Waals surface area (Å²) < 4.78 is 18.1. The van der Waals surface area contributed by atoms with Gasteiger partial charge in [-0.3, -0.25) is 4.79 Å². The fourth-order valence-electron chi connectivity index (χ4n) is 2.11. The van der Waals surface area contributed by atoms with Crippen LogP contribution in [0.5, 0.6) is 0 Å². The minimum Gasteiger partial charge on any atom is -0.498 e. The molecule has 1 aromatic rings. The molecular weight excluding hydrogens is 261 g/mol. The van der Waals surface area contributed by atoms with Gasteiger partial charge in [-0.2, -0.15) is 0 Å². The summed E-state index contributed by atoms with van der Waals surface area (Å²) in [5.74, 6) is 0.0681. The van der Waals surface area contributed by atoms with Crippen LogP contribution in [0.1, 0.15) is 31.4 Å². The van der Waals surface area contributed by atoms with Crippen LogP contribution in [-0.4, -0.2) is 24.2 Å². The van der Waals surface area contributed by atoms with Crippen molar-refractivity contribution in [1.82, 2.24) is 5.32 Å². The Morgan fingerprint density at radius 2 is 2.15 bits per heavy atom. The Bertz CT molecular complexity index is 510. The molecule has 0 fully saturated rings. The number of amides is 1. The first-order valence-corrected chi connectivity index (χ1v) is 6.62. The minimum absolute atomic E-state index is 0.0846. The van der Waals surface area contributed by atoms with Gasteiger partial charge in [-0.15, -0.1) is 0 Å². The van der Waals surface area contributed by atoms with Crippen LogP contribution in [0.15, 0.2) is 35.6 Å². The zero-order valence-electron chi connectivity index (χ0n) is 11.4. The molecule has 0 bridgehead atoms. The maximum absolute atomic E-state index is 12.8. The lowest BCUT2D eigenvalue weighted by molar-refractivity contribution is -0.118.